The molecular formula is C22H26F3N5O5S2. The lowest BCUT2D eigenvalue weighted by molar-refractivity contribution is -0.139. The zero-order valence-corrected chi connectivity index (χ0v) is 21.0. The number of sulfone groups is 1. The van der Waals surface area contributed by atoms with Gasteiger partial charge in [0.05, 0.1) is 10.5 Å². The molecule has 1 amide bonds. The fourth-order valence-electron chi connectivity index (χ4n) is 3.22. The van der Waals surface area contributed by atoms with Crippen LogP contribution in [0, 0.1) is 5.41 Å². The maximum Gasteiger partial charge on any atom is 0.416 e. The summed E-state index contributed by atoms with van der Waals surface area (Å²) in [4.78, 5) is 23.9. The van der Waals surface area contributed by atoms with E-state index in [4.69, 9.17) is 22.0 Å². The quantitative estimate of drug-likeness (QED) is 0.137. The number of alkyl halides is 3. The van der Waals surface area contributed by atoms with Gasteiger partial charge >= 0.3 is 12.1 Å². The number of halogens is 3. The molecule has 0 aromatic heterocycles. The molecule has 7 N–H and O–H groups in total. The van der Waals surface area contributed by atoms with Crippen molar-refractivity contribution in [2.24, 2.45) is 11.5 Å². The van der Waals surface area contributed by atoms with Gasteiger partial charge in [-0.1, -0.05) is 18.2 Å². The SMILES string of the molecule is N=C(N)N(CCCC(N)C(=O)O)C(=O)CS(=O)(=O)c1cccc(NCc2ccc(C(F)(F)F)cc2)c1S. The van der Waals surface area contributed by atoms with Crippen LogP contribution >= 0.6 is 12.6 Å². The average Bonchev–Trinajstić information content (AvgIpc) is 2.79. The molecule has 0 radical (unpaired) electrons. The zero-order valence-electron chi connectivity index (χ0n) is 19.3. The van der Waals surface area contributed by atoms with E-state index in [1.54, 1.807) is 0 Å². The van der Waals surface area contributed by atoms with Crippen molar-refractivity contribution < 1.29 is 36.3 Å². The minimum absolute atomic E-state index is 0.0102. The van der Waals surface area contributed by atoms with Gasteiger partial charge in [-0.2, -0.15) is 13.2 Å². The van der Waals surface area contributed by atoms with Crippen LogP contribution < -0.4 is 16.8 Å². The maximum absolute atomic E-state index is 13.0. The molecule has 0 saturated heterocycles. The number of hydrogen-bond donors (Lipinski definition) is 6. The molecule has 0 aliphatic carbocycles. The normalized spacial score (nSPS) is 12.6. The molecule has 0 spiro atoms. The Morgan fingerprint density at radius 3 is 2.32 bits per heavy atom. The Kier molecular flexibility index (Phi) is 9.94. The average molecular weight is 562 g/mol. The number of carbonyl (C=O) groups excluding carboxylic acids is 1. The van der Waals surface area contributed by atoms with E-state index >= 15 is 0 Å². The number of carboxylic acids is 1. The molecule has 0 aliphatic rings. The van der Waals surface area contributed by atoms with Crippen LogP contribution in [0.4, 0.5) is 18.9 Å². The van der Waals surface area contributed by atoms with Crippen LogP contribution in [-0.2, 0) is 32.1 Å². The minimum atomic E-state index is -4.46. The van der Waals surface area contributed by atoms with Crippen LogP contribution in [0.25, 0.3) is 0 Å². The number of nitrogens with two attached hydrogens (primary N) is 2. The van der Waals surface area contributed by atoms with Crippen LogP contribution in [0.1, 0.15) is 24.0 Å². The monoisotopic (exact) mass is 561 g/mol. The second-order valence-corrected chi connectivity index (χ2v) is 10.4. The molecule has 0 bridgehead atoms. The van der Waals surface area contributed by atoms with Crippen molar-refractivity contribution in [1.29, 1.82) is 5.41 Å². The predicted octanol–water partition coefficient (Wildman–Crippen LogP) is 2.29. The van der Waals surface area contributed by atoms with Gasteiger partial charge in [0.25, 0.3) is 0 Å². The van der Waals surface area contributed by atoms with Gasteiger partial charge in [-0.25, -0.2) is 8.42 Å². The standard InChI is InChI=1S/C22H26F3N5O5S2/c23-22(24,25)14-8-6-13(7-9-14)11-29-16-4-1-5-17(19(16)36)37(34,35)12-18(31)30(21(27)28)10-2-3-15(26)20(32)33/h1,4-9,15,29,36H,2-3,10-12,26H2,(H3,27,28)(H,32,33). The van der Waals surface area contributed by atoms with Gasteiger partial charge in [-0.3, -0.25) is 19.9 Å². The number of carboxylic acid groups (broad SMARTS) is 1. The van der Waals surface area contributed by atoms with Crippen molar-refractivity contribution in [3.05, 3.63) is 53.6 Å². The molecule has 0 heterocycles. The van der Waals surface area contributed by atoms with E-state index in [2.05, 4.69) is 17.9 Å². The fourth-order valence-corrected chi connectivity index (χ4v) is 5.19. The third-order valence-electron chi connectivity index (χ3n) is 5.22. The van der Waals surface area contributed by atoms with E-state index in [0.29, 0.717) is 5.56 Å². The molecule has 15 heteroatoms. The summed E-state index contributed by atoms with van der Waals surface area (Å²) in [5, 5.41) is 19.3. The van der Waals surface area contributed by atoms with Crippen molar-refractivity contribution >= 4 is 46.0 Å². The number of guanidine groups is 1. The molecule has 1 unspecified atom stereocenters. The second kappa shape index (κ2) is 12.3. The maximum atomic E-state index is 13.0. The number of hydrogen-bond acceptors (Lipinski definition) is 8. The van der Waals surface area contributed by atoms with E-state index in [1.165, 1.54) is 30.3 Å². The summed E-state index contributed by atoms with van der Waals surface area (Å²) in [6.07, 6.45) is -4.42. The molecule has 0 saturated carbocycles. The number of nitrogens with zero attached hydrogens (tertiary/aromatic N) is 1. The largest absolute Gasteiger partial charge is 0.480 e. The molecule has 10 nitrogen and oxygen atoms in total. The highest BCUT2D eigenvalue weighted by Crippen LogP contribution is 2.31. The van der Waals surface area contributed by atoms with Crippen molar-refractivity contribution in [1.82, 2.24) is 4.90 Å². The van der Waals surface area contributed by atoms with Crippen LogP contribution in [0.15, 0.2) is 52.3 Å². The van der Waals surface area contributed by atoms with Crippen LogP contribution in [0.3, 0.4) is 0 Å². The predicted molar refractivity (Wildman–Crippen MR) is 133 cm³/mol. The number of anilines is 1. The smallest absolute Gasteiger partial charge is 0.416 e. The summed E-state index contributed by atoms with van der Waals surface area (Å²) in [5.41, 5.74) is 10.8. The van der Waals surface area contributed by atoms with Crippen LogP contribution in [0.2, 0.25) is 0 Å². The van der Waals surface area contributed by atoms with Gasteiger partial charge in [0.1, 0.15) is 11.8 Å². The first-order chi connectivity index (χ1) is 17.1. The summed E-state index contributed by atoms with van der Waals surface area (Å²) in [5.74, 6) is -3.97. The van der Waals surface area contributed by atoms with E-state index in [1.807, 2.05) is 0 Å². The van der Waals surface area contributed by atoms with Gasteiger partial charge in [0.2, 0.25) is 5.91 Å². The summed E-state index contributed by atoms with van der Waals surface area (Å²) < 4.78 is 64.2. The lowest BCUT2D eigenvalue weighted by Crippen LogP contribution is -2.45. The summed E-state index contributed by atoms with van der Waals surface area (Å²) in [6, 6.07) is 7.40. The summed E-state index contributed by atoms with van der Waals surface area (Å²) in [7, 11) is -4.25. The topological polar surface area (TPSA) is 180 Å². The Labute approximate surface area is 216 Å². The molecule has 1 atom stereocenters. The summed E-state index contributed by atoms with van der Waals surface area (Å²) in [6.45, 7) is -0.127. The molecule has 37 heavy (non-hydrogen) atoms. The van der Waals surface area contributed by atoms with Gasteiger partial charge in [-0.15, -0.1) is 12.6 Å². The Morgan fingerprint density at radius 2 is 1.78 bits per heavy atom. The first kappa shape index (κ1) is 29.9. The number of carbonyl (C=O) groups is 2. The van der Waals surface area contributed by atoms with Crippen molar-refractivity contribution in [3.63, 3.8) is 0 Å². The van der Waals surface area contributed by atoms with Crippen molar-refractivity contribution in [3.8, 4) is 0 Å². The van der Waals surface area contributed by atoms with Crippen LogP contribution in [0.5, 0.6) is 0 Å². The molecule has 2 aromatic rings. The lowest BCUT2D eigenvalue weighted by atomic mass is 10.1. The molecule has 0 fully saturated rings. The Morgan fingerprint density at radius 1 is 1.16 bits per heavy atom. The van der Waals surface area contributed by atoms with Gasteiger partial charge in [-0.05, 0) is 42.7 Å². The highest BCUT2D eigenvalue weighted by molar-refractivity contribution is 7.92. The first-order valence-electron chi connectivity index (χ1n) is 10.7. The molecule has 202 valence electrons. The second-order valence-electron chi connectivity index (χ2n) is 7.98. The molecule has 2 rings (SSSR count). The third kappa shape index (κ3) is 8.36. The molecule has 2 aromatic carbocycles. The number of nitrogens with one attached hydrogen (secondary N) is 2. The first-order valence-corrected chi connectivity index (χ1v) is 12.8. The van der Waals surface area contributed by atoms with E-state index in [9.17, 15) is 31.2 Å². The van der Waals surface area contributed by atoms with E-state index in [0.717, 1.165) is 17.0 Å². The Bertz CT molecular complexity index is 1250. The number of rotatable bonds is 11. The van der Waals surface area contributed by atoms with Gasteiger partial charge in [0, 0.05) is 23.7 Å². The number of aliphatic carboxylic acids is 1. The van der Waals surface area contributed by atoms with E-state index in [-0.39, 0.29) is 41.4 Å². The highest BCUT2D eigenvalue weighted by atomic mass is 32.2. The Hall–Kier alpha value is -3.30. The minimum Gasteiger partial charge on any atom is -0.480 e. The molecular weight excluding hydrogens is 535 g/mol. The van der Waals surface area contributed by atoms with Gasteiger partial charge in [0.15, 0.2) is 15.8 Å². The van der Waals surface area contributed by atoms with Gasteiger partial charge < -0.3 is 21.9 Å². The summed E-state index contributed by atoms with van der Waals surface area (Å²) >= 11 is 4.27. The van der Waals surface area contributed by atoms with Crippen molar-refractivity contribution in [2.75, 3.05) is 17.6 Å². The number of amides is 1. The van der Waals surface area contributed by atoms with Crippen LogP contribution in [-0.4, -0.2) is 54.6 Å². The number of thiol groups is 1. The van der Waals surface area contributed by atoms with Crippen molar-refractivity contribution in [2.45, 2.75) is 41.4 Å². The zero-order chi connectivity index (χ0) is 28.0. The highest BCUT2D eigenvalue weighted by Gasteiger charge is 2.30. The third-order valence-corrected chi connectivity index (χ3v) is 7.49. The fraction of sp³-hybridized carbons (Fsp3) is 0.318. The number of benzene rings is 2. The lowest BCUT2D eigenvalue weighted by Gasteiger charge is -2.21. The van der Waals surface area contributed by atoms with E-state index < -0.39 is 51.2 Å². The Balaban J connectivity index is 2.12. The molecule has 0 aliphatic heterocycles.